The van der Waals surface area contributed by atoms with Crippen molar-refractivity contribution in [1.29, 1.82) is 0 Å². The van der Waals surface area contributed by atoms with Crippen LogP contribution < -0.4 is 10.6 Å². The number of nitro groups is 1. The fourth-order valence-corrected chi connectivity index (χ4v) is 2.27. The summed E-state index contributed by atoms with van der Waals surface area (Å²) in [5.41, 5.74) is -0.0962. The molecule has 1 heterocycles. The summed E-state index contributed by atoms with van der Waals surface area (Å²) in [5.74, 6) is -1.09. The van der Waals surface area contributed by atoms with Crippen LogP contribution in [0.5, 0.6) is 0 Å². The van der Waals surface area contributed by atoms with Crippen LogP contribution in [0.15, 0.2) is 18.2 Å². The van der Waals surface area contributed by atoms with Gasteiger partial charge >= 0.3 is 6.03 Å². The third kappa shape index (κ3) is 3.66. The van der Waals surface area contributed by atoms with Crippen molar-refractivity contribution in [2.75, 3.05) is 26.2 Å². The normalized spacial score (nSPS) is 13.0. The second kappa shape index (κ2) is 7.51. The van der Waals surface area contributed by atoms with Gasteiger partial charge in [0, 0.05) is 31.8 Å². The Bertz CT molecular complexity index is 690. The first-order valence-electron chi connectivity index (χ1n) is 7.23. The van der Waals surface area contributed by atoms with Gasteiger partial charge in [-0.1, -0.05) is 0 Å². The Morgan fingerprint density at radius 1 is 1.17 bits per heavy atom. The molecule has 0 fully saturated rings. The molecular formula is C14H16N4O6. The lowest BCUT2D eigenvalue weighted by Crippen LogP contribution is -2.39. The minimum Gasteiger partial charge on any atom is -0.395 e. The predicted octanol–water partition coefficient (Wildman–Crippen LogP) is -0.128. The Balaban J connectivity index is 1.91. The van der Waals surface area contributed by atoms with Crippen LogP contribution in [0.4, 0.5) is 10.5 Å². The zero-order chi connectivity index (χ0) is 17.7. The topological polar surface area (TPSA) is 142 Å². The molecule has 0 bridgehead atoms. The number of hydrogen-bond acceptors (Lipinski definition) is 6. The molecule has 10 nitrogen and oxygen atoms in total. The molecule has 128 valence electrons. The van der Waals surface area contributed by atoms with Crippen LogP contribution in [-0.4, -0.2) is 59.0 Å². The van der Waals surface area contributed by atoms with E-state index in [1.807, 2.05) is 0 Å². The van der Waals surface area contributed by atoms with Crippen LogP contribution in [0.1, 0.15) is 27.1 Å². The Labute approximate surface area is 136 Å². The molecule has 0 unspecified atom stereocenters. The van der Waals surface area contributed by atoms with Crippen LogP contribution in [0, 0.1) is 10.1 Å². The van der Waals surface area contributed by atoms with Crippen molar-refractivity contribution in [3.8, 4) is 0 Å². The number of carbonyl (C=O) groups excluding carboxylic acids is 3. The molecule has 0 aromatic heterocycles. The molecule has 1 aromatic rings. The monoisotopic (exact) mass is 336 g/mol. The largest absolute Gasteiger partial charge is 0.395 e. The average molecular weight is 336 g/mol. The number of amides is 4. The number of urea groups is 1. The molecule has 0 atom stereocenters. The lowest BCUT2D eigenvalue weighted by atomic mass is 10.1. The van der Waals surface area contributed by atoms with Gasteiger partial charge in [-0.2, -0.15) is 0 Å². The quantitative estimate of drug-likeness (QED) is 0.274. The third-order valence-corrected chi connectivity index (χ3v) is 3.41. The number of benzene rings is 1. The molecule has 3 N–H and O–H groups in total. The van der Waals surface area contributed by atoms with E-state index in [-0.39, 0.29) is 43.1 Å². The Morgan fingerprint density at radius 3 is 2.50 bits per heavy atom. The molecule has 0 radical (unpaired) electrons. The van der Waals surface area contributed by atoms with E-state index in [1.54, 1.807) is 0 Å². The van der Waals surface area contributed by atoms with Gasteiger partial charge in [0.2, 0.25) is 0 Å². The molecule has 1 aliphatic rings. The maximum Gasteiger partial charge on any atom is 0.314 e. The van der Waals surface area contributed by atoms with Gasteiger partial charge in [-0.05, 0) is 12.5 Å². The van der Waals surface area contributed by atoms with Crippen LogP contribution in [-0.2, 0) is 0 Å². The first-order chi connectivity index (χ1) is 11.5. The van der Waals surface area contributed by atoms with Crippen LogP contribution in [0.25, 0.3) is 0 Å². The first kappa shape index (κ1) is 17.3. The number of nitro benzene ring substituents is 1. The standard InChI is InChI=1S/C14H16N4O6/c19-7-5-16-14(22)15-4-1-6-17-12(20)10-3-2-9(18(23)24)8-11(10)13(17)21/h2-3,8,19H,1,4-7H2,(H2,15,16,22). The highest BCUT2D eigenvalue weighted by Crippen LogP contribution is 2.26. The van der Waals surface area contributed by atoms with E-state index in [1.165, 1.54) is 12.1 Å². The fourth-order valence-electron chi connectivity index (χ4n) is 2.27. The van der Waals surface area contributed by atoms with Gasteiger partial charge in [-0.15, -0.1) is 0 Å². The zero-order valence-corrected chi connectivity index (χ0v) is 12.7. The summed E-state index contributed by atoms with van der Waals surface area (Å²) < 4.78 is 0. The van der Waals surface area contributed by atoms with Gasteiger partial charge < -0.3 is 15.7 Å². The lowest BCUT2D eigenvalue weighted by molar-refractivity contribution is -0.384. The molecule has 0 saturated carbocycles. The lowest BCUT2D eigenvalue weighted by Gasteiger charge is -2.13. The highest BCUT2D eigenvalue weighted by Gasteiger charge is 2.36. The maximum absolute atomic E-state index is 12.2. The highest BCUT2D eigenvalue weighted by molar-refractivity contribution is 6.21. The highest BCUT2D eigenvalue weighted by atomic mass is 16.6. The molecule has 10 heteroatoms. The van der Waals surface area contributed by atoms with Gasteiger partial charge in [0.05, 0.1) is 22.7 Å². The summed E-state index contributed by atoms with van der Waals surface area (Å²) in [6.45, 7) is 0.267. The minimum atomic E-state index is -0.629. The van der Waals surface area contributed by atoms with Gasteiger partial charge in [-0.3, -0.25) is 24.6 Å². The van der Waals surface area contributed by atoms with Gasteiger partial charge in [0.1, 0.15) is 0 Å². The van der Waals surface area contributed by atoms with Crippen molar-refractivity contribution in [3.05, 3.63) is 39.4 Å². The Hall–Kier alpha value is -3.01. The van der Waals surface area contributed by atoms with E-state index in [2.05, 4.69) is 10.6 Å². The summed E-state index contributed by atoms with van der Waals surface area (Å²) in [4.78, 5) is 46.8. The molecule has 1 aromatic carbocycles. The number of fused-ring (bicyclic) bond motifs is 1. The second-order valence-corrected chi connectivity index (χ2v) is 5.01. The van der Waals surface area contributed by atoms with Crippen molar-refractivity contribution >= 4 is 23.5 Å². The van der Waals surface area contributed by atoms with Crippen LogP contribution >= 0.6 is 0 Å². The molecule has 24 heavy (non-hydrogen) atoms. The molecular weight excluding hydrogens is 320 g/mol. The van der Waals surface area contributed by atoms with Crippen molar-refractivity contribution in [1.82, 2.24) is 15.5 Å². The number of hydrogen-bond donors (Lipinski definition) is 3. The van der Waals surface area contributed by atoms with Crippen molar-refractivity contribution in [3.63, 3.8) is 0 Å². The summed E-state index contributed by atoms with van der Waals surface area (Å²) in [6, 6.07) is 3.09. The van der Waals surface area contributed by atoms with E-state index in [0.717, 1.165) is 11.0 Å². The SMILES string of the molecule is O=C(NCCO)NCCCN1C(=O)c2ccc([N+](=O)[O-])cc2C1=O. The number of imide groups is 1. The van der Waals surface area contributed by atoms with E-state index < -0.39 is 22.8 Å². The molecule has 0 spiro atoms. The maximum atomic E-state index is 12.2. The Morgan fingerprint density at radius 2 is 1.83 bits per heavy atom. The Kier molecular flexibility index (Phi) is 5.42. The van der Waals surface area contributed by atoms with E-state index in [0.29, 0.717) is 6.42 Å². The fraction of sp³-hybridized carbons (Fsp3) is 0.357. The third-order valence-electron chi connectivity index (χ3n) is 3.41. The number of nitrogens with one attached hydrogen (secondary N) is 2. The number of aliphatic hydroxyl groups is 1. The van der Waals surface area contributed by atoms with Gasteiger partial charge in [-0.25, -0.2) is 4.79 Å². The summed E-state index contributed by atoms with van der Waals surface area (Å²) in [6.07, 6.45) is 0.333. The van der Waals surface area contributed by atoms with Crippen molar-refractivity contribution in [2.45, 2.75) is 6.42 Å². The first-order valence-corrected chi connectivity index (χ1v) is 7.23. The van der Waals surface area contributed by atoms with E-state index >= 15 is 0 Å². The van der Waals surface area contributed by atoms with Crippen LogP contribution in [0.3, 0.4) is 0 Å². The summed E-state index contributed by atoms with van der Waals surface area (Å²) in [7, 11) is 0. The number of rotatable bonds is 7. The smallest absolute Gasteiger partial charge is 0.314 e. The average Bonchev–Trinajstić information content (AvgIpc) is 2.80. The predicted molar refractivity (Wildman–Crippen MR) is 81.6 cm³/mol. The zero-order valence-electron chi connectivity index (χ0n) is 12.7. The minimum absolute atomic E-state index is 0.0165. The van der Waals surface area contributed by atoms with E-state index in [4.69, 9.17) is 5.11 Å². The van der Waals surface area contributed by atoms with Crippen molar-refractivity contribution < 1.29 is 24.4 Å². The van der Waals surface area contributed by atoms with Gasteiger partial charge in [0.15, 0.2) is 0 Å². The molecule has 0 aliphatic carbocycles. The second-order valence-electron chi connectivity index (χ2n) is 5.01. The number of aliphatic hydroxyl groups excluding tert-OH is 1. The number of carbonyl (C=O) groups is 3. The molecule has 0 saturated heterocycles. The van der Waals surface area contributed by atoms with Crippen LogP contribution in [0.2, 0.25) is 0 Å². The molecule has 1 aliphatic heterocycles. The summed E-state index contributed by atoms with van der Waals surface area (Å²) >= 11 is 0. The van der Waals surface area contributed by atoms with Gasteiger partial charge in [0.25, 0.3) is 17.5 Å². The van der Waals surface area contributed by atoms with E-state index in [9.17, 15) is 24.5 Å². The number of nitrogens with zero attached hydrogens (tertiary/aromatic N) is 2. The molecule has 4 amide bonds. The number of non-ortho nitro benzene ring substituents is 1. The molecule has 2 rings (SSSR count). The van der Waals surface area contributed by atoms with Crippen molar-refractivity contribution in [2.24, 2.45) is 0 Å². The summed E-state index contributed by atoms with van der Waals surface area (Å²) in [5, 5.41) is 24.2.